The van der Waals surface area contributed by atoms with Gasteiger partial charge in [-0.05, 0) is 26.3 Å². The summed E-state index contributed by atoms with van der Waals surface area (Å²) in [6.45, 7) is 6.29. The first-order valence-corrected chi connectivity index (χ1v) is 10.9. The van der Waals surface area contributed by atoms with Crippen LogP contribution < -0.4 is 9.62 Å². The lowest BCUT2D eigenvalue weighted by atomic mass is 10.2. The number of hydrogen-bond donors (Lipinski definition) is 1. The van der Waals surface area contributed by atoms with Gasteiger partial charge in [-0.15, -0.1) is 37.2 Å². The van der Waals surface area contributed by atoms with Crippen LogP contribution in [0.2, 0.25) is 5.15 Å². The Balaban J connectivity index is 0.00000280. The van der Waals surface area contributed by atoms with Crippen molar-refractivity contribution in [1.29, 1.82) is 0 Å². The summed E-state index contributed by atoms with van der Waals surface area (Å²) in [4.78, 5) is 24.8. The summed E-state index contributed by atoms with van der Waals surface area (Å²) in [6.07, 6.45) is 4.94. The highest BCUT2D eigenvalue weighted by molar-refractivity contribution is 7.87. The van der Waals surface area contributed by atoms with Crippen LogP contribution in [0, 0.1) is 0 Å². The van der Waals surface area contributed by atoms with Gasteiger partial charge in [0.25, 0.3) is 0 Å². The molecule has 3 rings (SSSR count). The van der Waals surface area contributed by atoms with E-state index in [9.17, 15) is 13.2 Å². The monoisotopic (exact) mass is 524 g/mol. The Bertz CT molecular complexity index is 780. The molecular formula is C16H28Cl4N6O3S. The zero-order valence-electron chi connectivity index (χ0n) is 16.6. The molecule has 1 atom stereocenters. The number of hydrogen-bond acceptors (Lipinski definition) is 7. The number of carbonyl (C=O) groups is 1. The molecule has 0 spiro atoms. The molecular weight excluding hydrogens is 498 g/mol. The van der Waals surface area contributed by atoms with Crippen molar-refractivity contribution < 1.29 is 13.2 Å². The third-order valence-corrected chi connectivity index (χ3v) is 6.62. The highest BCUT2D eigenvalue weighted by Gasteiger charge is 2.34. The van der Waals surface area contributed by atoms with E-state index in [1.54, 1.807) is 13.1 Å². The van der Waals surface area contributed by atoms with Gasteiger partial charge in [0, 0.05) is 45.2 Å². The first kappa shape index (κ1) is 29.4. The second kappa shape index (κ2) is 13.0. The van der Waals surface area contributed by atoms with Gasteiger partial charge >= 0.3 is 10.2 Å². The molecule has 0 radical (unpaired) electrons. The Morgan fingerprint density at radius 1 is 1.10 bits per heavy atom. The number of nitrogens with zero attached hydrogens (tertiary/aromatic N) is 5. The molecule has 174 valence electrons. The van der Waals surface area contributed by atoms with E-state index >= 15 is 0 Å². The zero-order valence-corrected chi connectivity index (χ0v) is 20.6. The van der Waals surface area contributed by atoms with Gasteiger partial charge in [0.05, 0.1) is 12.4 Å². The molecule has 0 saturated carbocycles. The summed E-state index contributed by atoms with van der Waals surface area (Å²) in [5.74, 6) is 0.468. The van der Waals surface area contributed by atoms with Crippen molar-refractivity contribution in [2.24, 2.45) is 0 Å². The number of piperazine rings is 1. The predicted octanol–water partition coefficient (Wildman–Crippen LogP) is 1.75. The second-order valence-electron chi connectivity index (χ2n) is 6.93. The molecule has 1 unspecified atom stereocenters. The first-order valence-electron chi connectivity index (χ1n) is 9.13. The predicted molar refractivity (Wildman–Crippen MR) is 125 cm³/mol. The summed E-state index contributed by atoms with van der Waals surface area (Å²) in [6, 6.07) is -0.334. The van der Waals surface area contributed by atoms with Gasteiger partial charge in [0.2, 0.25) is 5.91 Å². The molecule has 3 heterocycles. The van der Waals surface area contributed by atoms with Gasteiger partial charge in [-0.3, -0.25) is 14.7 Å². The van der Waals surface area contributed by atoms with Crippen LogP contribution in [0.3, 0.4) is 0 Å². The molecule has 1 N–H and O–H groups in total. The van der Waals surface area contributed by atoms with E-state index < -0.39 is 10.2 Å². The van der Waals surface area contributed by atoms with Crippen molar-refractivity contribution >= 4 is 70.8 Å². The van der Waals surface area contributed by atoms with Crippen LogP contribution in [0.25, 0.3) is 0 Å². The quantitative estimate of drug-likeness (QED) is 0.565. The van der Waals surface area contributed by atoms with Crippen LogP contribution in [0.1, 0.15) is 26.2 Å². The Labute approximate surface area is 201 Å². The molecule has 0 aromatic carbocycles. The van der Waals surface area contributed by atoms with E-state index in [4.69, 9.17) is 11.6 Å². The fourth-order valence-corrected chi connectivity index (χ4v) is 4.95. The van der Waals surface area contributed by atoms with Gasteiger partial charge in [-0.25, -0.2) is 9.29 Å². The van der Waals surface area contributed by atoms with Crippen LogP contribution in [0.5, 0.6) is 0 Å². The van der Waals surface area contributed by atoms with Crippen molar-refractivity contribution in [3.05, 3.63) is 17.5 Å². The summed E-state index contributed by atoms with van der Waals surface area (Å²) < 4.78 is 27.6. The molecule has 1 aromatic rings. The van der Waals surface area contributed by atoms with Gasteiger partial charge in [0.1, 0.15) is 11.0 Å². The number of nitrogens with one attached hydrogen (secondary N) is 1. The molecule has 2 fully saturated rings. The van der Waals surface area contributed by atoms with Crippen LogP contribution >= 0.6 is 48.8 Å². The number of unbranched alkanes of at least 4 members (excludes halogenated alkanes) is 1. The number of amides is 1. The molecule has 2 aliphatic heterocycles. The smallest absolute Gasteiger partial charge is 0.303 e. The number of anilines is 1. The minimum Gasteiger partial charge on any atom is -0.353 e. The zero-order chi connectivity index (χ0) is 19.4. The second-order valence-corrected chi connectivity index (χ2v) is 8.94. The van der Waals surface area contributed by atoms with Crippen molar-refractivity contribution in [3.63, 3.8) is 0 Å². The molecule has 0 aliphatic carbocycles. The van der Waals surface area contributed by atoms with E-state index in [2.05, 4.69) is 24.5 Å². The minimum absolute atomic E-state index is 0. The number of carbonyl (C=O) groups excluding carboxylic acids is 1. The maximum Gasteiger partial charge on any atom is 0.303 e. The van der Waals surface area contributed by atoms with Crippen LogP contribution in [-0.4, -0.2) is 78.8 Å². The molecule has 2 saturated heterocycles. The topological polar surface area (TPSA) is 98.7 Å². The molecule has 0 bridgehead atoms. The molecule has 1 aromatic heterocycles. The number of rotatable bonds is 6. The standard InChI is InChI=1S/C16H25ClN6O3S.3ClH/c1-13-10-16(24)23(27(25,26)20-13)5-3-2-4-21-6-8-22(9-7-21)15-12-18-11-14(17)19-15;;;/h11-13,20H,2-10H2,1H3;3*1H. The van der Waals surface area contributed by atoms with E-state index in [0.29, 0.717) is 11.6 Å². The number of halogens is 4. The minimum atomic E-state index is -3.68. The largest absolute Gasteiger partial charge is 0.353 e. The van der Waals surface area contributed by atoms with Gasteiger partial charge < -0.3 is 4.90 Å². The lowest BCUT2D eigenvalue weighted by Crippen LogP contribution is -2.54. The summed E-state index contributed by atoms with van der Waals surface area (Å²) >= 11 is 5.89. The third kappa shape index (κ3) is 7.81. The van der Waals surface area contributed by atoms with E-state index in [0.717, 1.165) is 49.3 Å². The summed E-state index contributed by atoms with van der Waals surface area (Å²) in [7, 11) is -3.68. The van der Waals surface area contributed by atoms with Crippen LogP contribution in [0.15, 0.2) is 12.4 Å². The highest BCUT2D eigenvalue weighted by atomic mass is 35.5. The van der Waals surface area contributed by atoms with Gasteiger partial charge in [-0.1, -0.05) is 11.6 Å². The number of aromatic nitrogens is 2. The lowest BCUT2D eigenvalue weighted by molar-refractivity contribution is -0.127. The fourth-order valence-electron chi connectivity index (χ4n) is 3.38. The Morgan fingerprint density at radius 3 is 2.33 bits per heavy atom. The van der Waals surface area contributed by atoms with Crippen molar-refractivity contribution in [1.82, 2.24) is 23.9 Å². The first-order chi connectivity index (χ1) is 12.8. The van der Waals surface area contributed by atoms with Gasteiger partial charge in [-0.2, -0.15) is 13.1 Å². The summed E-state index contributed by atoms with van der Waals surface area (Å²) in [5, 5.41) is 0.390. The Kier molecular flexibility index (Phi) is 12.8. The molecule has 2 aliphatic rings. The van der Waals surface area contributed by atoms with E-state index in [1.165, 1.54) is 6.20 Å². The molecule has 30 heavy (non-hydrogen) atoms. The average Bonchev–Trinajstić information content (AvgIpc) is 2.60. The van der Waals surface area contributed by atoms with E-state index in [1.807, 2.05) is 0 Å². The Hall–Kier alpha value is -0.620. The van der Waals surface area contributed by atoms with E-state index in [-0.39, 0.29) is 62.1 Å². The third-order valence-electron chi connectivity index (χ3n) is 4.77. The lowest BCUT2D eigenvalue weighted by Gasteiger charge is -2.35. The van der Waals surface area contributed by atoms with Crippen molar-refractivity contribution in [3.8, 4) is 0 Å². The normalized spacial score (nSPS) is 21.3. The van der Waals surface area contributed by atoms with Crippen LogP contribution in [-0.2, 0) is 15.0 Å². The average molecular weight is 526 g/mol. The SMILES string of the molecule is CC1CC(=O)N(CCCCN2CCN(c3cncc(Cl)n3)CC2)S(=O)(=O)N1.Cl.Cl.Cl. The Morgan fingerprint density at radius 2 is 1.73 bits per heavy atom. The molecule has 14 heteroatoms. The molecule has 9 nitrogen and oxygen atoms in total. The van der Waals surface area contributed by atoms with Crippen molar-refractivity contribution in [2.45, 2.75) is 32.2 Å². The highest BCUT2D eigenvalue weighted by Crippen LogP contribution is 2.16. The van der Waals surface area contributed by atoms with Crippen molar-refractivity contribution in [2.75, 3.05) is 44.2 Å². The molecule has 1 amide bonds. The fraction of sp³-hybridized carbons (Fsp3) is 0.688. The summed E-state index contributed by atoms with van der Waals surface area (Å²) in [5.41, 5.74) is 0. The van der Waals surface area contributed by atoms with Crippen LogP contribution in [0.4, 0.5) is 5.82 Å². The van der Waals surface area contributed by atoms with Gasteiger partial charge in [0.15, 0.2) is 0 Å². The maximum absolute atomic E-state index is 12.1. The maximum atomic E-state index is 12.1.